The van der Waals surface area contributed by atoms with Crippen LogP contribution in [-0.2, 0) is 19.5 Å². The van der Waals surface area contributed by atoms with Crippen molar-refractivity contribution in [3.63, 3.8) is 0 Å². The third kappa shape index (κ3) is 3.44. The van der Waals surface area contributed by atoms with Gasteiger partial charge in [-0.3, -0.25) is 0 Å². The molecule has 1 aromatic heterocycles. The fourth-order valence-electron chi connectivity index (χ4n) is 4.12. The van der Waals surface area contributed by atoms with Crippen LogP contribution in [0.4, 0.5) is 0 Å². The molecular weight excluding hydrogens is 356 g/mol. The van der Waals surface area contributed by atoms with Gasteiger partial charge >= 0.3 is 0 Å². The summed E-state index contributed by atoms with van der Waals surface area (Å²) in [6.45, 7) is 4.54. The third-order valence-electron chi connectivity index (χ3n) is 5.68. The van der Waals surface area contributed by atoms with E-state index in [1.807, 2.05) is 0 Å². The SMILES string of the molecule is CCc1ccc2c(c1)C(Cn1c[n+](Cc3ccccc3)c3ccccc31)=CCO2. The highest BCUT2D eigenvalue weighted by atomic mass is 16.5. The van der Waals surface area contributed by atoms with Crippen LogP contribution in [0.1, 0.15) is 23.6 Å². The molecule has 0 atom stereocenters. The summed E-state index contributed by atoms with van der Waals surface area (Å²) < 4.78 is 10.6. The minimum atomic E-state index is 0.636. The Morgan fingerprint density at radius 3 is 2.62 bits per heavy atom. The van der Waals surface area contributed by atoms with Crippen molar-refractivity contribution in [2.24, 2.45) is 0 Å². The molecule has 0 spiro atoms. The van der Waals surface area contributed by atoms with Crippen molar-refractivity contribution >= 4 is 16.6 Å². The molecule has 3 aromatic carbocycles. The number of ether oxygens (including phenoxy) is 1. The van der Waals surface area contributed by atoms with E-state index in [1.54, 1.807) is 0 Å². The predicted octanol–water partition coefficient (Wildman–Crippen LogP) is 5.02. The number of allylic oxidation sites excluding steroid dienone is 1. The van der Waals surface area contributed by atoms with Gasteiger partial charge < -0.3 is 4.74 Å². The van der Waals surface area contributed by atoms with Crippen molar-refractivity contribution in [3.05, 3.63) is 102 Å². The number of para-hydroxylation sites is 2. The van der Waals surface area contributed by atoms with E-state index in [-0.39, 0.29) is 0 Å². The van der Waals surface area contributed by atoms with Crippen molar-refractivity contribution in [2.45, 2.75) is 26.4 Å². The van der Waals surface area contributed by atoms with Gasteiger partial charge in [-0.1, -0.05) is 55.5 Å². The summed E-state index contributed by atoms with van der Waals surface area (Å²) in [5.41, 5.74) is 7.72. The fourth-order valence-corrected chi connectivity index (χ4v) is 4.12. The molecular formula is C26H25N2O+. The van der Waals surface area contributed by atoms with Crippen LogP contribution in [0.3, 0.4) is 0 Å². The zero-order chi connectivity index (χ0) is 19.6. The van der Waals surface area contributed by atoms with Crippen molar-refractivity contribution in [1.29, 1.82) is 0 Å². The van der Waals surface area contributed by atoms with E-state index >= 15 is 0 Å². The molecule has 144 valence electrons. The highest BCUT2D eigenvalue weighted by molar-refractivity contribution is 5.76. The van der Waals surface area contributed by atoms with Crippen LogP contribution in [0, 0.1) is 0 Å². The lowest BCUT2D eigenvalue weighted by Gasteiger charge is -2.18. The predicted molar refractivity (Wildman–Crippen MR) is 117 cm³/mol. The van der Waals surface area contributed by atoms with E-state index in [2.05, 4.69) is 101 Å². The molecule has 2 heterocycles. The van der Waals surface area contributed by atoms with Crippen molar-refractivity contribution in [3.8, 4) is 5.75 Å². The molecule has 1 aliphatic heterocycles. The Morgan fingerprint density at radius 2 is 1.76 bits per heavy atom. The number of imidazole rings is 1. The number of hydrogen-bond acceptors (Lipinski definition) is 1. The van der Waals surface area contributed by atoms with Gasteiger partial charge in [0.25, 0.3) is 0 Å². The van der Waals surface area contributed by atoms with Crippen LogP contribution in [0.15, 0.2) is 85.2 Å². The maximum Gasteiger partial charge on any atom is 0.245 e. The lowest BCUT2D eigenvalue weighted by atomic mass is 9.99. The summed E-state index contributed by atoms with van der Waals surface area (Å²) >= 11 is 0. The van der Waals surface area contributed by atoms with Crippen molar-refractivity contribution < 1.29 is 9.30 Å². The molecule has 0 fully saturated rings. The average Bonchev–Trinajstić information content (AvgIpc) is 3.12. The normalized spacial score (nSPS) is 13.1. The van der Waals surface area contributed by atoms with E-state index < -0.39 is 0 Å². The van der Waals surface area contributed by atoms with Crippen LogP contribution >= 0.6 is 0 Å². The first kappa shape index (κ1) is 17.7. The first-order valence-electron chi connectivity index (χ1n) is 10.3. The quantitative estimate of drug-likeness (QED) is 0.444. The van der Waals surface area contributed by atoms with Gasteiger partial charge in [0.2, 0.25) is 6.33 Å². The number of hydrogen-bond donors (Lipinski definition) is 0. The number of aryl methyl sites for hydroxylation is 1. The van der Waals surface area contributed by atoms with Gasteiger partial charge in [0.15, 0.2) is 11.0 Å². The minimum absolute atomic E-state index is 0.636. The Kier molecular flexibility index (Phi) is 4.65. The standard InChI is InChI=1S/C26H25N2O/c1-2-20-12-13-26-23(16-20)22(14-15-29-26)18-28-19-27(17-21-8-4-3-5-9-21)24-10-6-7-11-25(24)28/h3-14,16,19H,2,15,17-18H2,1H3/q+1. The summed E-state index contributed by atoms with van der Waals surface area (Å²) in [7, 11) is 0. The number of benzene rings is 3. The minimum Gasteiger partial charge on any atom is -0.489 e. The van der Waals surface area contributed by atoms with E-state index in [9.17, 15) is 0 Å². The summed E-state index contributed by atoms with van der Waals surface area (Å²) in [5, 5.41) is 0. The average molecular weight is 381 g/mol. The zero-order valence-corrected chi connectivity index (χ0v) is 16.7. The van der Waals surface area contributed by atoms with E-state index in [4.69, 9.17) is 4.74 Å². The summed E-state index contributed by atoms with van der Waals surface area (Å²) in [4.78, 5) is 0. The molecule has 0 amide bonds. The van der Waals surface area contributed by atoms with Gasteiger partial charge in [-0.25, -0.2) is 9.13 Å². The monoisotopic (exact) mass is 381 g/mol. The smallest absolute Gasteiger partial charge is 0.245 e. The van der Waals surface area contributed by atoms with Gasteiger partial charge in [-0.05, 0) is 47.9 Å². The van der Waals surface area contributed by atoms with Crippen LogP contribution in [0.5, 0.6) is 5.75 Å². The molecule has 0 N–H and O–H groups in total. The van der Waals surface area contributed by atoms with Gasteiger partial charge in [0.05, 0.1) is 0 Å². The lowest BCUT2D eigenvalue weighted by Crippen LogP contribution is -2.32. The molecule has 3 heteroatoms. The van der Waals surface area contributed by atoms with Gasteiger partial charge in [-0.2, -0.15) is 0 Å². The van der Waals surface area contributed by atoms with Crippen molar-refractivity contribution in [2.75, 3.05) is 6.61 Å². The van der Waals surface area contributed by atoms with Crippen LogP contribution < -0.4 is 9.30 Å². The first-order chi connectivity index (χ1) is 14.3. The molecule has 0 saturated heterocycles. The second-order valence-electron chi connectivity index (χ2n) is 7.57. The van der Waals surface area contributed by atoms with Gasteiger partial charge in [0.1, 0.15) is 25.4 Å². The second kappa shape index (κ2) is 7.59. The first-order valence-corrected chi connectivity index (χ1v) is 10.3. The molecule has 0 aliphatic carbocycles. The Hall–Kier alpha value is -3.33. The summed E-state index contributed by atoms with van der Waals surface area (Å²) in [5.74, 6) is 0.994. The molecule has 3 nitrogen and oxygen atoms in total. The molecule has 1 aliphatic rings. The van der Waals surface area contributed by atoms with Gasteiger partial charge in [-0.15, -0.1) is 0 Å². The number of aromatic nitrogens is 2. The Labute approximate surface area is 171 Å². The number of fused-ring (bicyclic) bond motifs is 2. The highest BCUT2D eigenvalue weighted by Crippen LogP contribution is 2.32. The zero-order valence-electron chi connectivity index (χ0n) is 16.7. The fraction of sp³-hybridized carbons (Fsp3) is 0.192. The topological polar surface area (TPSA) is 18.0 Å². The summed E-state index contributed by atoms with van der Waals surface area (Å²) in [6, 6.07) is 25.8. The molecule has 4 aromatic rings. The van der Waals surface area contributed by atoms with E-state index in [1.165, 1.54) is 33.3 Å². The second-order valence-corrected chi connectivity index (χ2v) is 7.57. The van der Waals surface area contributed by atoms with Crippen LogP contribution in [0.2, 0.25) is 0 Å². The van der Waals surface area contributed by atoms with E-state index in [0.717, 1.165) is 25.3 Å². The maximum atomic E-state index is 5.87. The molecule has 5 rings (SSSR count). The maximum absolute atomic E-state index is 5.87. The Bertz CT molecular complexity index is 1190. The van der Waals surface area contributed by atoms with Crippen LogP contribution in [-0.4, -0.2) is 11.2 Å². The van der Waals surface area contributed by atoms with Crippen LogP contribution in [0.25, 0.3) is 16.6 Å². The Morgan fingerprint density at radius 1 is 0.931 bits per heavy atom. The lowest BCUT2D eigenvalue weighted by molar-refractivity contribution is -0.663. The Balaban J connectivity index is 1.53. The molecule has 0 saturated carbocycles. The van der Waals surface area contributed by atoms with Gasteiger partial charge in [0, 0.05) is 11.1 Å². The number of rotatable bonds is 5. The summed E-state index contributed by atoms with van der Waals surface area (Å²) in [6.07, 6.45) is 5.50. The molecule has 0 radical (unpaired) electrons. The van der Waals surface area contributed by atoms with E-state index in [0.29, 0.717) is 6.61 Å². The largest absolute Gasteiger partial charge is 0.489 e. The molecule has 0 unspecified atom stereocenters. The highest BCUT2D eigenvalue weighted by Gasteiger charge is 2.20. The molecule has 0 bridgehead atoms. The number of nitrogens with zero attached hydrogens (tertiary/aromatic N) is 2. The molecule has 29 heavy (non-hydrogen) atoms. The third-order valence-corrected chi connectivity index (χ3v) is 5.68. The van der Waals surface area contributed by atoms with Crippen molar-refractivity contribution in [1.82, 2.24) is 4.57 Å².